The molecule has 8 rings (SSSR count). The lowest BCUT2D eigenvalue weighted by atomic mass is 9.47. The lowest BCUT2D eigenvalue weighted by Crippen LogP contribution is -2.49. The van der Waals surface area contributed by atoms with E-state index in [-0.39, 0.29) is 23.1 Å². The Bertz CT molecular complexity index is 1520. The van der Waals surface area contributed by atoms with Crippen molar-refractivity contribution in [2.45, 2.75) is 44.6 Å². The van der Waals surface area contributed by atoms with Gasteiger partial charge in [-0.25, -0.2) is 9.59 Å². The fourth-order valence-electron chi connectivity index (χ4n) is 8.21. The lowest BCUT2D eigenvalue weighted by Gasteiger charge is -2.58. The molecule has 0 spiro atoms. The molecule has 4 heteroatoms. The molecule has 1 unspecified atom stereocenters. The van der Waals surface area contributed by atoms with Crippen molar-refractivity contribution in [3.8, 4) is 11.1 Å². The summed E-state index contributed by atoms with van der Waals surface area (Å²) in [6.07, 6.45) is 7.30. The molecule has 4 fully saturated rings. The van der Waals surface area contributed by atoms with Gasteiger partial charge in [0.25, 0.3) is 0 Å². The van der Waals surface area contributed by atoms with Gasteiger partial charge in [0.1, 0.15) is 6.10 Å². The van der Waals surface area contributed by atoms with Gasteiger partial charge in [-0.05, 0) is 114 Å². The van der Waals surface area contributed by atoms with E-state index in [0.29, 0.717) is 5.56 Å². The van der Waals surface area contributed by atoms with E-state index in [1.54, 1.807) is 12.1 Å². The van der Waals surface area contributed by atoms with E-state index in [2.05, 4.69) is 30.3 Å². The number of hydrogen-bond donors (Lipinski definition) is 1. The Balaban J connectivity index is 1.20. The molecule has 196 valence electrons. The van der Waals surface area contributed by atoms with Crippen molar-refractivity contribution < 1.29 is 19.4 Å². The summed E-state index contributed by atoms with van der Waals surface area (Å²) in [5.41, 5.74) is 3.88. The van der Waals surface area contributed by atoms with Crippen LogP contribution in [-0.4, -0.2) is 17.0 Å². The van der Waals surface area contributed by atoms with E-state index in [9.17, 15) is 14.7 Å². The summed E-state index contributed by atoms with van der Waals surface area (Å²) in [4.78, 5) is 25.0. The fraction of sp³-hybridized carbons (Fsp3) is 0.314. The molecule has 0 aliphatic heterocycles. The van der Waals surface area contributed by atoms with Crippen molar-refractivity contribution in [3.63, 3.8) is 0 Å². The van der Waals surface area contributed by atoms with E-state index >= 15 is 0 Å². The standard InChI is InChI=1S/C35H32O4/c36-33(37)28-10-6-25(7-11-28)29-12-8-26-9-13-30(18-31(26)17-29)34(38)39-32(27-4-2-1-3-5-27)35-19-22-14-23(20-35)16-24(15-22)21-35/h1-13,17-18,22-24,32H,14-16,19-21H2,(H,36,37). The van der Waals surface area contributed by atoms with Gasteiger partial charge in [-0.15, -0.1) is 0 Å². The number of fused-ring (bicyclic) bond motifs is 1. The van der Waals surface area contributed by atoms with E-state index in [0.717, 1.165) is 64.5 Å². The molecule has 4 aromatic rings. The zero-order valence-corrected chi connectivity index (χ0v) is 21.9. The molecule has 0 saturated heterocycles. The van der Waals surface area contributed by atoms with Crippen molar-refractivity contribution in [2.75, 3.05) is 0 Å². The van der Waals surface area contributed by atoms with Crippen LogP contribution in [0.4, 0.5) is 0 Å². The number of benzene rings is 4. The van der Waals surface area contributed by atoms with Crippen molar-refractivity contribution in [2.24, 2.45) is 23.2 Å². The zero-order valence-electron chi connectivity index (χ0n) is 21.9. The van der Waals surface area contributed by atoms with Gasteiger partial charge in [0.05, 0.1) is 11.1 Å². The summed E-state index contributed by atoms with van der Waals surface area (Å²) in [5.74, 6) is 1.10. The Kier molecular flexibility index (Phi) is 5.80. The number of carboxylic acid groups (broad SMARTS) is 1. The molecular formula is C35H32O4. The third kappa shape index (κ3) is 4.42. The van der Waals surface area contributed by atoms with Gasteiger partial charge in [0.2, 0.25) is 0 Å². The van der Waals surface area contributed by atoms with Crippen molar-refractivity contribution in [3.05, 3.63) is 108 Å². The maximum absolute atomic E-state index is 13.7. The molecule has 0 aromatic heterocycles. The predicted molar refractivity (Wildman–Crippen MR) is 152 cm³/mol. The number of carboxylic acids is 1. The van der Waals surface area contributed by atoms with E-state index in [1.165, 1.54) is 19.3 Å². The van der Waals surface area contributed by atoms with E-state index in [4.69, 9.17) is 4.74 Å². The summed E-state index contributed by atoms with van der Waals surface area (Å²) in [5, 5.41) is 11.2. The first-order chi connectivity index (χ1) is 19.0. The molecule has 0 amide bonds. The number of carbonyl (C=O) groups is 2. The molecule has 39 heavy (non-hydrogen) atoms. The molecule has 4 aromatic carbocycles. The van der Waals surface area contributed by atoms with Gasteiger partial charge >= 0.3 is 11.9 Å². The van der Waals surface area contributed by atoms with Crippen LogP contribution in [0.1, 0.15) is 70.9 Å². The minimum Gasteiger partial charge on any atom is -0.478 e. The lowest BCUT2D eigenvalue weighted by molar-refractivity contribution is -0.126. The second-order valence-corrected chi connectivity index (χ2v) is 12.1. The first-order valence-electron chi connectivity index (χ1n) is 14.1. The SMILES string of the molecule is O=C(O)c1ccc(-c2ccc3ccc(C(=O)OC(c4ccccc4)C45CC6CC(CC(C6)C4)C5)cc3c2)cc1. The van der Waals surface area contributed by atoms with Crippen molar-refractivity contribution >= 4 is 22.7 Å². The topological polar surface area (TPSA) is 63.6 Å². The highest BCUT2D eigenvalue weighted by Gasteiger charge is 2.55. The molecule has 0 radical (unpaired) electrons. The van der Waals surface area contributed by atoms with Gasteiger partial charge in [-0.3, -0.25) is 0 Å². The minimum atomic E-state index is -0.939. The summed E-state index contributed by atoms with van der Waals surface area (Å²) < 4.78 is 6.51. The van der Waals surface area contributed by atoms with E-state index < -0.39 is 5.97 Å². The highest BCUT2D eigenvalue weighted by molar-refractivity contribution is 5.97. The maximum atomic E-state index is 13.7. The number of esters is 1. The number of aromatic carboxylic acids is 1. The predicted octanol–water partition coefficient (Wildman–Crippen LogP) is 8.32. The van der Waals surface area contributed by atoms with Crippen LogP contribution >= 0.6 is 0 Å². The Labute approximate surface area is 228 Å². The van der Waals surface area contributed by atoms with Crippen LogP contribution < -0.4 is 0 Å². The highest BCUT2D eigenvalue weighted by atomic mass is 16.5. The maximum Gasteiger partial charge on any atom is 0.338 e. The Morgan fingerprint density at radius 1 is 0.692 bits per heavy atom. The Morgan fingerprint density at radius 2 is 1.28 bits per heavy atom. The normalized spacial score (nSPS) is 25.9. The third-order valence-corrected chi connectivity index (χ3v) is 9.51. The van der Waals surface area contributed by atoms with E-state index in [1.807, 2.05) is 48.5 Å². The zero-order chi connectivity index (χ0) is 26.6. The number of ether oxygens (including phenoxy) is 1. The second-order valence-electron chi connectivity index (χ2n) is 12.1. The molecule has 0 heterocycles. The number of rotatable bonds is 6. The Morgan fingerprint density at radius 3 is 1.92 bits per heavy atom. The molecule has 4 nitrogen and oxygen atoms in total. The summed E-state index contributed by atoms with van der Waals surface area (Å²) in [6.45, 7) is 0. The van der Waals surface area contributed by atoms with Crippen LogP contribution in [0.2, 0.25) is 0 Å². The minimum absolute atomic E-state index is 0.0396. The monoisotopic (exact) mass is 516 g/mol. The van der Waals surface area contributed by atoms with Gasteiger partial charge in [-0.1, -0.05) is 60.7 Å². The first kappa shape index (κ1) is 24.1. The molecule has 4 aliphatic rings. The molecule has 1 N–H and O–H groups in total. The largest absolute Gasteiger partial charge is 0.478 e. The highest BCUT2D eigenvalue weighted by Crippen LogP contribution is 2.64. The van der Waals surface area contributed by atoms with Gasteiger partial charge < -0.3 is 9.84 Å². The smallest absolute Gasteiger partial charge is 0.338 e. The average Bonchev–Trinajstić information content (AvgIpc) is 2.95. The van der Waals surface area contributed by atoms with Crippen LogP contribution in [0.3, 0.4) is 0 Å². The molecule has 1 atom stereocenters. The van der Waals surface area contributed by atoms with Crippen LogP contribution in [0, 0.1) is 23.2 Å². The Hall–Kier alpha value is -3.92. The second kappa shape index (κ2) is 9.37. The number of hydrogen-bond acceptors (Lipinski definition) is 3. The summed E-state index contributed by atoms with van der Waals surface area (Å²) in [6, 6.07) is 29.1. The van der Waals surface area contributed by atoms with Crippen LogP contribution in [-0.2, 0) is 4.74 Å². The van der Waals surface area contributed by atoms with Gasteiger partial charge in [0, 0.05) is 5.41 Å². The van der Waals surface area contributed by atoms with Crippen LogP contribution in [0.25, 0.3) is 21.9 Å². The van der Waals surface area contributed by atoms with Gasteiger partial charge in [0.15, 0.2) is 0 Å². The molecule has 4 saturated carbocycles. The first-order valence-corrected chi connectivity index (χ1v) is 14.1. The average molecular weight is 517 g/mol. The number of carbonyl (C=O) groups excluding carboxylic acids is 1. The van der Waals surface area contributed by atoms with Gasteiger partial charge in [-0.2, -0.15) is 0 Å². The molecular weight excluding hydrogens is 484 g/mol. The van der Waals surface area contributed by atoms with Crippen molar-refractivity contribution in [1.82, 2.24) is 0 Å². The van der Waals surface area contributed by atoms with Crippen LogP contribution in [0.5, 0.6) is 0 Å². The summed E-state index contributed by atoms with van der Waals surface area (Å²) >= 11 is 0. The van der Waals surface area contributed by atoms with Crippen molar-refractivity contribution in [1.29, 1.82) is 0 Å². The summed E-state index contributed by atoms with van der Waals surface area (Å²) in [7, 11) is 0. The fourth-order valence-corrected chi connectivity index (χ4v) is 8.21. The molecule has 4 aliphatic carbocycles. The molecule has 4 bridgehead atoms. The quantitative estimate of drug-likeness (QED) is 0.262. The third-order valence-electron chi connectivity index (χ3n) is 9.51. The van der Waals surface area contributed by atoms with Crippen LogP contribution in [0.15, 0.2) is 91.0 Å².